The molecule has 0 aromatic heterocycles. The fraction of sp³-hybridized carbons (Fsp3) is 0.818. The lowest BCUT2D eigenvalue weighted by molar-refractivity contribution is -0.121. The van der Waals surface area contributed by atoms with Gasteiger partial charge in [-0.3, -0.25) is 14.0 Å². The molecule has 5 nitrogen and oxygen atoms in total. The predicted molar refractivity (Wildman–Crippen MR) is 64.1 cm³/mol. The summed E-state index contributed by atoms with van der Waals surface area (Å²) in [5.41, 5.74) is 5.21. The highest BCUT2D eigenvalue weighted by atomic mass is 19.1. The number of alkyl halides is 1. The first kappa shape index (κ1) is 15.8. The first-order valence-corrected chi connectivity index (χ1v) is 6.00. The number of halogens is 1. The second-order valence-electron chi connectivity index (χ2n) is 3.74. The average molecular weight is 247 g/mol. The van der Waals surface area contributed by atoms with E-state index < -0.39 is 0 Å². The van der Waals surface area contributed by atoms with Gasteiger partial charge in [0.1, 0.15) is 0 Å². The fourth-order valence-corrected chi connectivity index (χ4v) is 1.23. The van der Waals surface area contributed by atoms with Crippen LogP contribution in [0, 0.1) is 0 Å². The second kappa shape index (κ2) is 11.3. The Hall–Kier alpha value is -1.17. The molecule has 0 aliphatic carbocycles. The van der Waals surface area contributed by atoms with Gasteiger partial charge in [0.15, 0.2) is 0 Å². The van der Waals surface area contributed by atoms with Crippen molar-refractivity contribution < 1.29 is 14.0 Å². The van der Waals surface area contributed by atoms with Crippen molar-refractivity contribution in [3.63, 3.8) is 0 Å². The number of nitrogens with one attached hydrogen (secondary N) is 2. The van der Waals surface area contributed by atoms with Crippen molar-refractivity contribution in [2.45, 2.75) is 32.1 Å². The Balaban J connectivity index is 3.27. The number of amides is 2. The monoisotopic (exact) mass is 247 g/mol. The van der Waals surface area contributed by atoms with Crippen molar-refractivity contribution >= 4 is 11.8 Å². The Labute approximate surface area is 101 Å². The van der Waals surface area contributed by atoms with E-state index in [0.717, 1.165) is 0 Å². The third-order valence-corrected chi connectivity index (χ3v) is 2.16. The molecular formula is C11H22FN3O2. The molecule has 6 heteroatoms. The van der Waals surface area contributed by atoms with Crippen LogP contribution >= 0.6 is 0 Å². The van der Waals surface area contributed by atoms with Gasteiger partial charge in [0.05, 0.1) is 6.67 Å². The molecule has 0 atom stereocenters. The van der Waals surface area contributed by atoms with E-state index in [4.69, 9.17) is 5.73 Å². The van der Waals surface area contributed by atoms with E-state index in [0.29, 0.717) is 51.7 Å². The minimum absolute atomic E-state index is 0.0632. The summed E-state index contributed by atoms with van der Waals surface area (Å²) in [6.45, 7) is 1.03. The molecule has 4 N–H and O–H groups in total. The van der Waals surface area contributed by atoms with Gasteiger partial charge in [-0.1, -0.05) is 0 Å². The van der Waals surface area contributed by atoms with Crippen LogP contribution in [0.2, 0.25) is 0 Å². The molecule has 0 aliphatic heterocycles. The highest BCUT2D eigenvalue weighted by Crippen LogP contribution is 1.95. The van der Waals surface area contributed by atoms with Crippen LogP contribution in [0.25, 0.3) is 0 Å². The lowest BCUT2D eigenvalue weighted by Crippen LogP contribution is -2.30. The van der Waals surface area contributed by atoms with Gasteiger partial charge < -0.3 is 16.4 Å². The minimum atomic E-state index is -0.375. The zero-order valence-electron chi connectivity index (χ0n) is 10.1. The molecule has 0 saturated heterocycles. The molecule has 0 bridgehead atoms. The number of hydrogen-bond acceptors (Lipinski definition) is 3. The van der Waals surface area contributed by atoms with Crippen molar-refractivity contribution in [3.05, 3.63) is 0 Å². The minimum Gasteiger partial charge on any atom is -0.356 e. The van der Waals surface area contributed by atoms with Crippen molar-refractivity contribution in [2.24, 2.45) is 5.73 Å². The Bertz CT molecular complexity index is 225. The summed E-state index contributed by atoms with van der Waals surface area (Å²) in [7, 11) is 0. The zero-order chi connectivity index (χ0) is 12.9. The van der Waals surface area contributed by atoms with Gasteiger partial charge in [-0.05, 0) is 19.3 Å². The van der Waals surface area contributed by atoms with Crippen LogP contribution in [-0.4, -0.2) is 38.1 Å². The van der Waals surface area contributed by atoms with Crippen LogP contribution in [0.5, 0.6) is 0 Å². The SMILES string of the molecule is NCCC(=O)NCCCNC(=O)CCCCF. The largest absolute Gasteiger partial charge is 0.356 e. The van der Waals surface area contributed by atoms with Gasteiger partial charge in [-0.15, -0.1) is 0 Å². The summed E-state index contributed by atoms with van der Waals surface area (Å²) in [6, 6.07) is 0. The van der Waals surface area contributed by atoms with E-state index in [9.17, 15) is 14.0 Å². The third-order valence-electron chi connectivity index (χ3n) is 2.16. The Morgan fingerprint density at radius 3 is 2.06 bits per heavy atom. The highest BCUT2D eigenvalue weighted by Gasteiger charge is 2.01. The first-order valence-electron chi connectivity index (χ1n) is 6.00. The van der Waals surface area contributed by atoms with E-state index in [-0.39, 0.29) is 18.5 Å². The van der Waals surface area contributed by atoms with Crippen molar-refractivity contribution in [2.75, 3.05) is 26.3 Å². The number of hydrogen-bond donors (Lipinski definition) is 3. The second-order valence-corrected chi connectivity index (χ2v) is 3.74. The topological polar surface area (TPSA) is 84.2 Å². The molecule has 0 fully saturated rings. The smallest absolute Gasteiger partial charge is 0.221 e. The zero-order valence-corrected chi connectivity index (χ0v) is 10.1. The predicted octanol–water partition coefficient (Wildman–Crippen LogP) is 0.0975. The molecule has 0 aromatic rings. The maximum atomic E-state index is 11.8. The maximum Gasteiger partial charge on any atom is 0.221 e. The van der Waals surface area contributed by atoms with E-state index >= 15 is 0 Å². The molecule has 0 heterocycles. The molecule has 0 saturated carbocycles. The highest BCUT2D eigenvalue weighted by molar-refractivity contribution is 5.76. The molecule has 0 rings (SSSR count). The maximum absolute atomic E-state index is 11.8. The first-order chi connectivity index (χ1) is 8.20. The molecule has 100 valence electrons. The Morgan fingerprint density at radius 1 is 0.941 bits per heavy atom. The van der Waals surface area contributed by atoms with Crippen molar-refractivity contribution in [1.82, 2.24) is 10.6 Å². The summed E-state index contributed by atoms with van der Waals surface area (Å²) in [5, 5.41) is 5.40. The fourth-order valence-electron chi connectivity index (χ4n) is 1.23. The Morgan fingerprint density at radius 2 is 1.53 bits per heavy atom. The van der Waals surface area contributed by atoms with E-state index in [1.165, 1.54) is 0 Å². The molecule has 0 aliphatic rings. The van der Waals surface area contributed by atoms with Gasteiger partial charge in [0.25, 0.3) is 0 Å². The van der Waals surface area contributed by atoms with Crippen LogP contribution in [-0.2, 0) is 9.59 Å². The molecule has 0 unspecified atom stereocenters. The lowest BCUT2D eigenvalue weighted by Gasteiger charge is -2.06. The summed E-state index contributed by atoms with van der Waals surface area (Å²) in [4.78, 5) is 22.2. The van der Waals surface area contributed by atoms with E-state index in [1.54, 1.807) is 0 Å². The number of unbranched alkanes of at least 4 members (excludes halogenated alkanes) is 1. The summed E-state index contributed by atoms with van der Waals surface area (Å²) in [6.07, 6.45) is 2.39. The van der Waals surface area contributed by atoms with Gasteiger partial charge in [0, 0.05) is 32.5 Å². The van der Waals surface area contributed by atoms with Crippen LogP contribution in [0.1, 0.15) is 32.1 Å². The normalized spacial score (nSPS) is 10.0. The summed E-state index contributed by atoms with van der Waals surface area (Å²) >= 11 is 0. The van der Waals surface area contributed by atoms with E-state index in [1.807, 2.05) is 0 Å². The summed E-state index contributed by atoms with van der Waals surface area (Å²) in [5.74, 6) is -0.131. The number of carbonyl (C=O) groups excluding carboxylic acids is 2. The lowest BCUT2D eigenvalue weighted by atomic mass is 10.2. The molecule has 0 spiro atoms. The van der Waals surface area contributed by atoms with Gasteiger partial charge in [-0.25, -0.2) is 0 Å². The third kappa shape index (κ3) is 11.1. The number of rotatable bonds is 10. The molecule has 0 radical (unpaired) electrons. The van der Waals surface area contributed by atoms with Gasteiger partial charge in [-0.2, -0.15) is 0 Å². The van der Waals surface area contributed by atoms with Crippen LogP contribution in [0.3, 0.4) is 0 Å². The van der Waals surface area contributed by atoms with Crippen LogP contribution in [0.4, 0.5) is 4.39 Å². The summed E-state index contributed by atoms with van der Waals surface area (Å²) < 4.78 is 11.8. The molecule has 17 heavy (non-hydrogen) atoms. The molecule has 0 aromatic carbocycles. The number of carbonyl (C=O) groups is 2. The van der Waals surface area contributed by atoms with Crippen molar-refractivity contribution in [1.29, 1.82) is 0 Å². The quantitative estimate of drug-likeness (QED) is 0.479. The molecular weight excluding hydrogens is 225 g/mol. The molecule has 2 amide bonds. The van der Waals surface area contributed by atoms with Gasteiger partial charge >= 0.3 is 0 Å². The standard InChI is InChI=1S/C11H22FN3O2/c12-6-2-1-4-10(16)14-8-3-9-15-11(17)5-7-13/h1-9,13H2,(H,14,16)(H,15,17). The van der Waals surface area contributed by atoms with E-state index in [2.05, 4.69) is 10.6 Å². The van der Waals surface area contributed by atoms with Crippen LogP contribution in [0.15, 0.2) is 0 Å². The average Bonchev–Trinajstić information content (AvgIpc) is 2.29. The van der Waals surface area contributed by atoms with Crippen LogP contribution < -0.4 is 16.4 Å². The van der Waals surface area contributed by atoms with Gasteiger partial charge in [0.2, 0.25) is 11.8 Å². The Kier molecular flexibility index (Phi) is 10.5. The van der Waals surface area contributed by atoms with Crippen molar-refractivity contribution in [3.8, 4) is 0 Å². The number of nitrogens with two attached hydrogens (primary N) is 1.